The number of aryl methyl sites for hydroxylation is 1. The van der Waals surface area contributed by atoms with E-state index in [1.54, 1.807) is 23.6 Å². The molecule has 114 valence electrons. The van der Waals surface area contributed by atoms with E-state index in [1.165, 1.54) is 0 Å². The van der Waals surface area contributed by atoms with Crippen LogP contribution in [0, 0.1) is 13.8 Å². The summed E-state index contributed by atoms with van der Waals surface area (Å²) in [6.45, 7) is 5.59. The van der Waals surface area contributed by atoms with Crippen molar-refractivity contribution in [1.82, 2.24) is 30.5 Å². The summed E-state index contributed by atoms with van der Waals surface area (Å²) in [6, 6.07) is 0. The number of ether oxygens (including phenoxy) is 1. The van der Waals surface area contributed by atoms with Crippen molar-refractivity contribution < 1.29 is 4.74 Å². The van der Waals surface area contributed by atoms with Crippen molar-refractivity contribution in [3.8, 4) is 5.75 Å². The Labute approximate surface area is 128 Å². The van der Waals surface area contributed by atoms with Crippen LogP contribution in [0.4, 0.5) is 0 Å². The van der Waals surface area contributed by atoms with E-state index in [1.807, 2.05) is 27.1 Å². The number of rotatable bonds is 7. The van der Waals surface area contributed by atoms with Crippen LogP contribution in [0.25, 0.3) is 0 Å². The zero-order valence-corrected chi connectivity index (χ0v) is 13.6. The van der Waals surface area contributed by atoms with Crippen LogP contribution in [-0.4, -0.2) is 45.9 Å². The Balaban J connectivity index is 2.08. The van der Waals surface area contributed by atoms with Gasteiger partial charge in [0.05, 0.1) is 19.3 Å². The summed E-state index contributed by atoms with van der Waals surface area (Å²) in [5.74, 6) is 1.61. The van der Waals surface area contributed by atoms with Gasteiger partial charge in [-0.3, -0.25) is 4.98 Å². The Morgan fingerprint density at radius 1 is 1.38 bits per heavy atom. The van der Waals surface area contributed by atoms with Crippen LogP contribution in [0.15, 0.2) is 11.4 Å². The molecule has 0 aliphatic rings. The quantitative estimate of drug-likeness (QED) is 0.770. The van der Waals surface area contributed by atoms with Crippen molar-refractivity contribution in [2.24, 2.45) is 0 Å². The smallest absolute Gasteiger partial charge is 0.209 e. The molecule has 0 amide bonds. The van der Waals surface area contributed by atoms with Crippen LogP contribution in [-0.2, 0) is 12.3 Å². The fourth-order valence-electron chi connectivity index (χ4n) is 2.01. The zero-order valence-electron chi connectivity index (χ0n) is 12.8. The number of pyridine rings is 1. The van der Waals surface area contributed by atoms with Crippen LogP contribution >= 0.6 is 11.8 Å². The first kappa shape index (κ1) is 15.7. The summed E-state index contributed by atoms with van der Waals surface area (Å²) >= 11 is 1.58. The number of hydrogen-bond donors (Lipinski definition) is 1. The molecule has 0 saturated carbocycles. The Kier molecular flexibility index (Phi) is 5.51. The number of methoxy groups -OCH3 is 1. The molecule has 21 heavy (non-hydrogen) atoms. The topological polar surface area (TPSA) is 77.8 Å². The van der Waals surface area contributed by atoms with Gasteiger partial charge in [-0.25, -0.2) is 4.68 Å². The number of aromatic nitrogens is 5. The van der Waals surface area contributed by atoms with E-state index in [-0.39, 0.29) is 0 Å². The predicted octanol–water partition coefficient (Wildman–Crippen LogP) is 1.21. The minimum absolute atomic E-state index is 0.711. The maximum absolute atomic E-state index is 5.43. The summed E-state index contributed by atoms with van der Waals surface area (Å²) < 4.78 is 7.22. The molecule has 2 heterocycles. The summed E-state index contributed by atoms with van der Waals surface area (Å²) in [6.07, 6.45) is 1.84. The second kappa shape index (κ2) is 7.37. The highest BCUT2D eigenvalue weighted by atomic mass is 32.2. The molecular formula is C13H20N6OS. The van der Waals surface area contributed by atoms with Gasteiger partial charge in [0.2, 0.25) is 5.16 Å². The lowest BCUT2D eigenvalue weighted by molar-refractivity contribution is 0.407. The standard InChI is InChI=1S/C13H20N6OS/c1-9-7-15-11(10(2)12(9)20-4)8-21-13-16-17-18-19(13)6-5-14-3/h7,14H,5-6,8H2,1-4H3. The largest absolute Gasteiger partial charge is 0.496 e. The fourth-order valence-corrected chi connectivity index (χ4v) is 2.94. The van der Waals surface area contributed by atoms with Crippen LogP contribution in [0.3, 0.4) is 0 Å². The highest BCUT2D eigenvalue weighted by molar-refractivity contribution is 7.98. The fraction of sp³-hybridized carbons (Fsp3) is 0.538. The second-order valence-electron chi connectivity index (χ2n) is 4.62. The van der Waals surface area contributed by atoms with E-state index >= 15 is 0 Å². The van der Waals surface area contributed by atoms with E-state index in [4.69, 9.17) is 4.74 Å². The number of likely N-dealkylation sites (N-methyl/N-ethyl adjacent to an activating group) is 1. The van der Waals surface area contributed by atoms with Gasteiger partial charge in [0.15, 0.2) is 0 Å². The maximum Gasteiger partial charge on any atom is 0.209 e. The molecule has 0 unspecified atom stereocenters. The van der Waals surface area contributed by atoms with Crippen molar-refractivity contribution in [3.05, 3.63) is 23.0 Å². The number of hydrogen-bond acceptors (Lipinski definition) is 7. The van der Waals surface area contributed by atoms with Crippen molar-refractivity contribution in [2.45, 2.75) is 31.3 Å². The molecule has 0 spiro atoms. The second-order valence-corrected chi connectivity index (χ2v) is 5.57. The van der Waals surface area contributed by atoms with E-state index < -0.39 is 0 Å². The molecule has 1 N–H and O–H groups in total. The van der Waals surface area contributed by atoms with E-state index in [0.717, 1.165) is 40.8 Å². The summed E-state index contributed by atoms with van der Waals surface area (Å²) in [4.78, 5) is 4.49. The Bertz CT molecular complexity index is 600. The van der Waals surface area contributed by atoms with Gasteiger partial charge in [0.1, 0.15) is 5.75 Å². The minimum atomic E-state index is 0.711. The van der Waals surface area contributed by atoms with Crippen LogP contribution in [0.2, 0.25) is 0 Å². The van der Waals surface area contributed by atoms with Gasteiger partial charge in [0, 0.05) is 29.6 Å². The van der Waals surface area contributed by atoms with Crippen LogP contribution in [0.5, 0.6) is 5.75 Å². The third-order valence-corrected chi connectivity index (χ3v) is 4.13. The first-order chi connectivity index (χ1) is 10.2. The highest BCUT2D eigenvalue weighted by Gasteiger charge is 2.12. The molecule has 0 bridgehead atoms. The molecule has 0 aliphatic heterocycles. The Hall–Kier alpha value is -1.67. The number of nitrogens with one attached hydrogen (secondary N) is 1. The number of tetrazole rings is 1. The molecule has 0 atom stereocenters. The third kappa shape index (κ3) is 3.70. The van der Waals surface area contributed by atoms with Crippen molar-refractivity contribution >= 4 is 11.8 Å². The molecule has 0 aromatic carbocycles. The SMILES string of the molecule is CNCCn1nnnc1SCc1ncc(C)c(OC)c1C. The predicted molar refractivity (Wildman–Crippen MR) is 81.6 cm³/mol. The van der Waals surface area contributed by atoms with Gasteiger partial charge in [-0.15, -0.1) is 5.10 Å². The van der Waals surface area contributed by atoms with Crippen LogP contribution < -0.4 is 10.1 Å². The molecule has 0 fully saturated rings. The van der Waals surface area contributed by atoms with Gasteiger partial charge in [-0.2, -0.15) is 0 Å². The summed E-state index contributed by atoms with van der Waals surface area (Å²) in [5, 5.41) is 15.6. The Morgan fingerprint density at radius 3 is 2.90 bits per heavy atom. The lowest BCUT2D eigenvalue weighted by Crippen LogP contribution is -2.16. The van der Waals surface area contributed by atoms with Gasteiger partial charge in [-0.1, -0.05) is 11.8 Å². The summed E-state index contributed by atoms with van der Waals surface area (Å²) in [7, 11) is 3.59. The minimum Gasteiger partial charge on any atom is -0.496 e. The number of nitrogens with zero attached hydrogens (tertiary/aromatic N) is 5. The van der Waals surface area contributed by atoms with E-state index in [9.17, 15) is 0 Å². The highest BCUT2D eigenvalue weighted by Crippen LogP contribution is 2.28. The zero-order chi connectivity index (χ0) is 15.2. The molecule has 2 aromatic rings. The normalized spacial score (nSPS) is 10.9. The lowest BCUT2D eigenvalue weighted by atomic mass is 10.1. The maximum atomic E-state index is 5.43. The van der Waals surface area contributed by atoms with Gasteiger partial charge in [0.25, 0.3) is 0 Å². The van der Waals surface area contributed by atoms with Gasteiger partial charge >= 0.3 is 0 Å². The monoisotopic (exact) mass is 308 g/mol. The summed E-state index contributed by atoms with van der Waals surface area (Å²) in [5.41, 5.74) is 3.10. The molecule has 0 saturated heterocycles. The van der Waals surface area contributed by atoms with Crippen LogP contribution in [0.1, 0.15) is 16.8 Å². The molecule has 0 aliphatic carbocycles. The molecule has 2 rings (SSSR count). The van der Waals surface area contributed by atoms with Gasteiger partial charge in [-0.05, 0) is 31.3 Å². The first-order valence-electron chi connectivity index (χ1n) is 6.70. The van der Waals surface area contributed by atoms with Crippen molar-refractivity contribution in [2.75, 3.05) is 20.7 Å². The first-order valence-corrected chi connectivity index (χ1v) is 7.68. The molecular weight excluding hydrogens is 288 g/mol. The third-order valence-electron chi connectivity index (χ3n) is 3.16. The van der Waals surface area contributed by atoms with E-state index in [2.05, 4.69) is 25.8 Å². The van der Waals surface area contributed by atoms with E-state index in [0.29, 0.717) is 5.75 Å². The average Bonchev–Trinajstić information content (AvgIpc) is 2.92. The van der Waals surface area contributed by atoms with Crippen molar-refractivity contribution in [1.29, 1.82) is 0 Å². The lowest BCUT2D eigenvalue weighted by Gasteiger charge is -2.11. The molecule has 2 aromatic heterocycles. The molecule has 8 heteroatoms. The Morgan fingerprint density at radius 2 is 2.19 bits per heavy atom. The van der Waals surface area contributed by atoms with Gasteiger partial charge < -0.3 is 10.1 Å². The molecule has 7 nitrogen and oxygen atoms in total. The average molecular weight is 308 g/mol. The molecule has 0 radical (unpaired) electrons. The number of thioether (sulfide) groups is 1. The van der Waals surface area contributed by atoms with Crippen molar-refractivity contribution in [3.63, 3.8) is 0 Å².